The monoisotopic (exact) mass is 293 g/mol. The Morgan fingerprint density at radius 3 is 2.48 bits per heavy atom. The zero-order chi connectivity index (χ0) is 16.0. The lowest BCUT2D eigenvalue weighted by atomic mass is 10.1. The molecule has 114 valence electrons. The molecule has 0 heterocycles. The van der Waals surface area contributed by atoms with Crippen LogP contribution < -0.4 is 16.4 Å². The van der Waals surface area contributed by atoms with Gasteiger partial charge in [0.05, 0.1) is 17.3 Å². The highest BCUT2D eigenvalue weighted by atomic mass is 16.4. The second kappa shape index (κ2) is 7.39. The van der Waals surface area contributed by atoms with E-state index in [1.54, 1.807) is 0 Å². The number of benzene rings is 1. The van der Waals surface area contributed by atoms with E-state index in [0.29, 0.717) is 12.1 Å². The van der Waals surface area contributed by atoms with Crippen LogP contribution >= 0.6 is 0 Å². The van der Waals surface area contributed by atoms with Crippen LogP contribution in [0.4, 0.5) is 11.4 Å². The lowest BCUT2D eigenvalue weighted by Crippen LogP contribution is -2.35. The van der Waals surface area contributed by atoms with Crippen molar-refractivity contribution in [2.45, 2.75) is 32.7 Å². The van der Waals surface area contributed by atoms with Crippen LogP contribution in [0.5, 0.6) is 0 Å². The third kappa shape index (κ3) is 4.88. The summed E-state index contributed by atoms with van der Waals surface area (Å²) < 4.78 is 0. The first-order valence-corrected chi connectivity index (χ1v) is 6.56. The molecule has 0 aliphatic rings. The van der Waals surface area contributed by atoms with Gasteiger partial charge in [0.15, 0.2) is 0 Å². The molecule has 0 aromatic heterocycles. The number of aromatic carboxylic acids is 1. The summed E-state index contributed by atoms with van der Waals surface area (Å²) in [6.45, 7) is 3.22. The molecular weight excluding hydrogens is 274 g/mol. The zero-order valence-corrected chi connectivity index (χ0v) is 12.0. The SMILES string of the molecule is CCC[C@@H](N)C(=O)Nc1ccc(NC(C)=O)cc1C(=O)O. The second-order valence-electron chi connectivity index (χ2n) is 4.63. The van der Waals surface area contributed by atoms with Gasteiger partial charge in [0, 0.05) is 12.6 Å². The van der Waals surface area contributed by atoms with E-state index < -0.39 is 17.9 Å². The van der Waals surface area contributed by atoms with Gasteiger partial charge in [-0.2, -0.15) is 0 Å². The molecule has 0 unspecified atom stereocenters. The quantitative estimate of drug-likeness (QED) is 0.631. The Morgan fingerprint density at radius 1 is 1.29 bits per heavy atom. The molecule has 7 nitrogen and oxygen atoms in total. The van der Waals surface area contributed by atoms with Gasteiger partial charge in [-0.1, -0.05) is 13.3 Å². The third-order valence-electron chi connectivity index (χ3n) is 2.76. The average Bonchev–Trinajstić information content (AvgIpc) is 2.39. The summed E-state index contributed by atoms with van der Waals surface area (Å²) in [5.74, 6) is -1.96. The molecule has 2 amide bonds. The van der Waals surface area contributed by atoms with Crippen LogP contribution in [0.1, 0.15) is 37.0 Å². The van der Waals surface area contributed by atoms with Gasteiger partial charge in [-0.25, -0.2) is 4.79 Å². The minimum absolute atomic E-state index is 0.113. The first-order valence-electron chi connectivity index (χ1n) is 6.56. The van der Waals surface area contributed by atoms with E-state index in [9.17, 15) is 19.5 Å². The van der Waals surface area contributed by atoms with Gasteiger partial charge in [0.25, 0.3) is 0 Å². The van der Waals surface area contributed by atoms with Crippen LogP contribution in [0.15, 0.2) is 18.2 Å². The Kier molecular flexibility index (Phi) is 5.86. The predicted octanol–water partition coefficient (Wildman–Crippen LogP) is 1.41. The maximum absolute atomic E-state index is 11.8. The van der Waals surface area contributed by atoms with Crippen molar-refractivity contribution in [3.63, 3.8) is 0 Å². The summed E-state index contributed by atoms with van der Waals surface area (Å²) >= 11 is 0. The van der Waals surface area contributed by atoms with Crippen LogP contribution in [-0.4, -0.2) is 28.9 Å². The Balaban J connectivity index is 2.99. The highest BCUT2D eigenvalue weighted by Crippen LogP contribution is 2.21. The first kappa shape index (κ1) is 16.6. The van der Waals surface area contributed by atoms with Gasteiger partial charge in [0.1, 0.15) is 0 Å². The van der Waals surface area contributed by atoms with Gasteiger partial charge in [-0.05, 0) is 24.6 Å². The summed E-state index contributed by atoms with van der Waals surface area (Å²) in [6, 6.07) is 3.52. The molecule has 0 saturated carbocycles. The van der Waals surface area contributed by atoms with E-state index in [4.69, 9.17) is 5.73 Å². The fourth-order valence-corrected chi connectivity index (χ4v) is 1.78. The fourth-order valence-electron chi connectivity index (χ4n) is 1.78. The van der Waals surface area contributed by atoms with E-state index in [-0.39, 0.29) is 17.2 Å². The molecule has 1 rings (SSSR count). The topological polar surface area (TPSA) is 122 Å². The van der Waals surface area contributed by atoms with E-state index in [2.05, 4.69) is 10.6 Å². The predicted molar refractivity (Wildman–Crippen MR) is 79.2 cm³/mol. The minimum atomic E-state index is -1.21. The van der Waals surface area contributed by atoms with Gasteiger partial charge in [-0.3, -0.25) is 9.59 Å². The fraction of sp³-hybridized carbons (Fsp3) is 0.357. The van der Waals surface area contributed by atoms with Gasteiger partial charge >= 0.3 is 5.97 Å². The number of nitrogens with two attached hydrogens (primary N) is 1. The van der Waals surface area contributed by atoms with E-state index in [1.165, 1.54) is 25.1 Å². The standard InChI is InChI=1S/C14H19N3O4/c1-3-4-11(15)13(19)17-12-6-5-9(16-8(2)18)7-10(12)14(20)21/h5-7,11H,3-4,15H2,1-2H3,(H,16,18)(H,17,19)(H,20,21)/t11-/m1/s1. The number of rotatable bonds is 6. The average molecular weight is 293 g/mol. The molecule has 0 saturated heterocycles. The van der Waals surface area contributed by atoms with Gasteiger partial charge in [0.2, 0.25) is 11.8 Å². The molecule has 0 aliphatic heterocycles. The highest BCUT2D eigenvalue weighted by molar-refractivity contribution is 6.03. The molecule has 1 atom stereocenters. The molecular formula is C14H19N3O4. The number of carboxylic acid groups (broad SMARTS) is 1. The Labute approximate surface area is 122 Å². The number of carbonyl (C=O) groups is 3. The molecule has 0 spiro atoms. The zero-order valence-electron chi connectivity index (χ0n) is 12.0. The van der Waals surface area contributed by atoms with Crippen molar-refractivity contribution in [3.05, 3.63) is 23.8 Å². The number of hydrogen-bond acceptors (Lipinski definition) is 4. The summed E-state index contributed by atoms with van der Waals surface area (Å²) in [6.07, 6.45) is 1.26. The summed E-state index contributed by atoms with van der Waals surface area (Å²) in [5.41, 5.74) is 6.06. The van der Waals surface area contributed by atoms with Crippen LogP contribution in [0.3, 0.4) is 0 Å². The van der Waals surface area contributed by atoms with Crippen molar-refractivity contribution in [1.29, 1.82) is 0 Å². The van der Waals surface area contributed by atoms with Crippen LogP contribution in [0.2, 0.25) is 0 Å². The number of anilines is 2. The number of nitrogens with one attached hydrogen (secondary N) is 2. The highest BCUT2D eigenvalue weighted by Gasteiger charge is 2.17. The van der Waals surface area contributed by atoms with Gasteiger partial charge < -0.3 is 21.5 Å². The number of carbonyl (C=O) groups excluding carboxylic acids is 2. The van der Waals surface area contributed by atoms with Crippen LogP contribution in [0.25, 0.3) is 0 Å². The third-order valence-corrected chi connectivity index (χ3v) is 2.76. The van der Waals surface area contributed by atoms with Crippen LogP contribution in [-0.2, 0) is 9.59 Å². The Morgan fingerprint density at radius 2 is 1.95 bits per heavy atom. The summed E-state index contributed by atoms with van der Waals surface area (Å²) in [7, 11) is 0. The molecule has 1 aromatic carbocycles. The Hall–Kier alpha value is -2.41. The summed E-state index contributed by atoms with van der Waals surface area (Å²) in [4.78, 5) is 34.1. The van der Waals surface area contributed by atoms with Crippen LogP contribution in [0, 0.1) is 0 Å². The summed E-state index contributed by atoms with van der Waals surface area (Å²) in [5, 5.41) is 14.2. The van der Waals surface area contributed by atoms with E-state index in [0.717, 1.165) is 6.42 Å². The molecule has 7 heteroatoms. The molecule has 5 N–H and O–H groups in total. The second-order valence-corrected chi connectivity index (χ2v) is 4.63. The van der Waals surface area contributed by atoms with Crippen molar-refractivity contribution in [2.75, 3.05) is 10.6 Å². The number of amides is 2. The molecule has 0 radical (unpaired) electrons. The Bertz CT molecular complexity index is 557. The van der Waals surface area contributed by atoms with E-state index >= 15 is 0 Å². The lowest BCUT2D eigenvalue weighted by Gasteiger charge is -2.14. The maximum atomic E-state index is 11.8. The smallest absolute Gasteiger partial charge is 0.337 e. The molecule has 0 bridgehead atoms. The first-order chi connectivity index (χ1) is 9.85. The van der Waals surface area contributed by atoms with Gasteiger partial charge in [-0.15, -0.1) is 0 Å². The van der Waals surface area contributed by atoms with Crippen molar-refractivity contribution < 1.29 is 19.5 Å². The van der Waals surface area contributed by atoms with E-state index in [1.807, 2.05) is 6.92 Å². The van der Waals surface area contributed by atoms with Crippen molar-refractivity contribution in [3.8, 4) is 0 Å². The minimum Gasteiger partial charge on any atom is -0.478 e. The molecule has 1 aromatic rings. The molecule has 21 heavy (non-hydrogen) atoms. The lowest BCUT2D eigenvalue weighted by molar-refractivity contribution is -0.117. The van der Waals surface area contributed by atoms with Crippen molar-refractivity contribution >= 4 is 29.2 Å². The number of carboxylic acids is 1. The maximum Gasteiger partial charge on any atom is 0.337 e. The largest absolute Gasteiger partial charge is 0.478 e. The number of hydrogen-bond donors (Lipinski definition) is 4. The normalized spacial score (nSPS) is 11.6. The molecule has 0 aliphatic carbocycles. The van der Waals surface area contributed by atoms with Crippen molar-refractivity contribution in [1.82, 2.24) is 0 Å². The molecule has 0 fully saturated rings. The van der Waals surface area contributed by atoms with Crippen molar-refractivity contribution in [2.24, 2.45) is 5.73 Å².